The highest BCUT2D eigenvalue weighted by atomic mass is 35.5. The molecule has 1 fully saturated rings. The first-order chi connectivity index (χ1) is 15.7. The maximum absolute atomic E-state index is 13.5. The Bertz CT molecular complexity index is 1260. The number of anilines is 2. The maximum Gasteiger partial charge on any atom is 0.227 e. The summed E-state index contributed by atoms with van der Waals surface area (Å²) in [6.45, 7) is 1.85. The molecule has 32 heavy (non-hydrogen) atoms. The molecule has 0 radical (unpaired) electrons. The smallest absolute Gasteiger partial charge is 0.227 e. The number of nitrogens with one attached hydrogen (secondary N) is 2. The van der Waals surface area contributed by atoms with Gasteiger partial charge in [0.2, 0.25) is 5.95 Å². The standard InChI is InChI=1S/C24H21ClFN5O/c25-21-14-28-9-6-19(21)20-10-15-13-29-24(30-17-3-1-2-16(26)11-17)31-22(15)12-23(20)32-18-4-7-27-8-5-18/h1-3,6,9-14,18,27H,4-5,7-8H2,(H,29,30,31). The molecule has 8 heteroatoms. The van der Waals surface area contributed by atoms with Gasteiger partial charge >= 0.3 is 0 Å². The Labute approximate surface area is 189 Å². The van der Waals surface area contributed by atoms with Gasteiger partial charge in [-0.1, -0.05) is 17.7 Å². The number of hydrogen-bond acceptors (Lipinski definition) is 6. The van der Waals surface area contributed by atoms with Crippen molar-refractivity contribution in [1.82, 2.24) is 20.3 Å². The van der Waals surface area contributed by atoms with Crippen LogP contribution in [0, 0.1) is 5.82 Å². The zero-order valence-electron chi connectivity index (χ0n) is 17.2. The molecule has 0 unspecified atom stereocenters. The molecule has 2 N–H and O–H groups in total. The zero-order chi connectivity index (χ0) is 21.9. The molecule has 1 aliphatic rings. The first kappa shape index (κ1) is 20.6. The van der Waals surface area contributed by atoms with Gasteiger partial charge in [-0.15, -0.1) is 0 Å². The Hall–Kier alpha value is -3.29. The number of ether oxygens (including phenoxy) is 1. The van der Waals surface area contributed by atoms with Crippen LogP contribution in [0.25, 0.3) is 22.0 Å². The maximum atomic E-state index is 13.5. The van der Waals surface area contributed by atoms with Crippen molar-refractivity contribution in [3.63, 3.8) is 0 Å². The predicted molar refractivity (Wildman–Crippen MR) is 124 cm³/mol. The van der Waals surface area contributed by atoms with E-state index in [4.69, 9.17) is 16.3 Å². The highest BCUT2D eigenvalue weighted by Gasteiger charge is 2.19. The summed E-state index contributed by atoms with van der Waals surface area (Å²) in [5, 5.41) is 7.80. The Morgan fingerprint density at radius 1 is 1.06 bits per heavy atom. The summed E-state index contributed by atoms with van der Waals surface area (Å²) in [4.78, 5) is 13.1. The number of hydrogen-bond donors (Lipinski definition) is 2. The van der Waals surface area contributed by atoms with E-state index in [0.29, 0.717) is 22.4 Å². The molecule has 0 atom stereocenters. The number of benzene rings is 2. The fourth-order valence-corrected chi connectivity index (χ4v) is 4.03. The van der Waals surface area contributed by atoms with E-state index in [9.17, 15) is 4.39 Å². The first-order valence-corrected chi connectivity index (χ1v) is 10.8. The van der Waals surface area contributed by atoms with Crippen molar-refractivity contribution >= 4 is 34.1 Å². The monoisotopic (exact) mass is 449 g/mol. The Morgan fingerprint density at radius 3 is 2.75 bits per heavy atom. The zero-order valence-corrected chi connectivity index (χ0v) is 17.9. The summed E-state index contributed by atoms with van der Waals surface area (Å²) >= 11 is 6.45. The van der Waals surface area contributed by atoms with E-state index in [1.165, 1.54) is 12.1 Å². The van der Waals surface area contributed by atoms with Gasteiger partial charge in [0.15, 0.2) is 0 Å². The molecule has 0 spiro atoms. The molecule has 6 nitrogen and oxygen atoms in total. The predicted octanol–water partition coefficient (Wildman–Crippen LogP) is 5.36. The highest BCUT2D eigenvalue weighted by Crippen LogP contribution is 2.38. The SMILES string of the molecule is Fc1cccc(Nc2ncc3cc(-c4ccncc4Cl)c(OC4CCNCC4)cc3n2)c1. The van der Waals surface area contributed by atoms with E-state index in [2.05, 4.69) is 25.6 Å². The van der Waals surface area contributed by atoms with E-state index in [-0.39, 0.29) is 11.9 Å². The molecule has 0 saturated carbocycles. The molecule has 5 rings (SSSR count). The molecule has 3 heterocycles. The average Bonchev–Trinajstić information content (AvgIpc) is 2.80. The van der Waals surface area contributed by atoms with Gasteiger partial charge in [-0.3, -0.25) is 4.98 Å². The van der Waals surface area contributed by atoms with Crippen LogP contribution in [-0.2, 0) is 0 Å². The second kappa shape index (κ2) is 9.06. The second-order valence-corrected chi connectivity index (χ2v) is 8.07. The molecule has 1 saturated heterocycles. The molecule has 0 aliphatic carbocycles. The number of fused-ring (bicyclic) bond motifs is 1. The molecule has 2 aromatic heterocycles. The largest absolute Gasteiger partial charge is 0.490 e. The van der Waals surface area contributed by atoms with Crippen molar-refractivity contribution < 1.29 is 9.13 Å². The van der Waals surface area contributed by atoms with Gasteiger partial charge in [0.1, 0.15) is 17.7 Å². The number of nitrogens with zero attached hydrogens (tertiary/aromatic N) is 3. The first-order valence-electron chi connectivity index (χ1n) is 10.5. The van der Waals surface area contributed by atoms with Crippen LogP contribution in [0.4, 0.5) is 16.0 Å². The third-order valence-corrected chi connectivity index (χ3v) is 5.71. The van der Waals surface area contributed by atoms with Gasteiger partial charge in [-0.05, 0) is 56.3 Å². The van der Waals surface area contributed by atoms with Crippen LogP contribution in [0.15, 0.2) is 61.1 Å². The van der Waals surface area contributed by atoms with Crippen molar-refractivity contribution in [3.05, 3.63) is 71.9 Å². The molecule has 162 valence electrons. The van der Waals surface area contributed by atoms with Crippen molar-refractivity contribution in [1.29, 1.82) is 0 Å². The lowest BCUT2D eigenvalue weighted by Gasteiger charge is -2.25. The molecule has 1 aliphatic heterocycles. The number of piperidine rings is 1. The van der Waals surface area contributed by atoms with Crippen LogP contribution < -0.4 is 15.4 Å². The summed E-state index contributed by atoms with van der Waals surface area (Å²) in [6, 6.07) is 12.0. The lowest BCUT2D eigenvalue weighted by Crippen LogP contribution is -2.34. The third kappa shape index (κ3) is 4.49. The molecule has 0 bridgehead atoms. The van der Waals surface area contributed by atoms with Gasteiger partial charge in [0.05, 0.1) is 10.5 Å². The third-order valence-electron chi connectivity index (χ3n) is 5.40. The topological polar surface area (TPSA) is 72.0 Å². The van der Waals surface area contributed by atoms with Crippen molar-refractivity contribution in [3.8, 4) is 16.9 Å². The molecular weight excluding hydrogens is 429 g/mol. The second-order valence-electron chi connectivity index (χ2n) is 7.66. The van der Waals surface area contributed by atoms with E-state index < -0.39 is 0 Å². The summed E-state index contributed by atoms with van der Waals surface area (Å²) in [5.41, 5.74) is 3.01. The summed E-state index contributed by atoms with van der Waals surface area (Å²) in [6.07, 6.45) is 7.03. The quantitative estimate of drug-likeness (QED) is 0.427. The molecule has 4 aromatic rings. The van der Waals surface area contributed by atoms with Crippen LogP contribution in [0.2, 0.25) is 5.02 Å². The van der Waals surface area contributed by atoms with E-state index in [1.807, 2.05) is 18.2 Å². The van der Waals surface area contributed by atoms with Crippen molar-refractivity contribution in [2.45, 2.75) is 18.9 Å². The van der Waals surface area contributed by atoms with Crippen molar-refractivity contribution in [2.24, 2.45) is 0 Å². The van der Waals surface area contributed by atoms with Crippen LogP contribution in [0.5, 0.6) is 5.75 Å². The van der Waals surface area contributed by atoms with Crippen LogP contribution >= 0.6 is 11.6 Å². The van der Waals surface area contributed by atoms with Gasteiger partial charge in [0, 0.05) is 46.9 Å². The van der Waals surface area contributed by atoms with E-state index >= 15 is 0 Å². The van der Waals surface area contributed by atoms with Gasteiger partial charge in [-0.25, -0.2) is 14.4 Å². The number of aromatic nitrogens is 3. The highest BCUT2D eigenvalue weighted by molar-refractivity contribution is 6.33. The Kier molecular flexibility index (Phi) is 5.83. The van der Waals surface area contributed by atoms with Crippen LogP contribution in [0.1, 0.15) is 12.8 Å². The summed E-state index contributed by atoms with van der Waals surface area (Å²) < 4.78 is 19.9. The normalized spacial score (nSPS) is 14.4. The minimum atomic E-state index is -0.327. The number of pyridine rings is 1. The Balaban J connectivity index is 1.55. The van der Waals surface area contributed by atoms with E-state index in [0.717, 1.165) is 48.0 Å². The molecule has 2 aromatic carbocycles. The fourth-order valence-electron chi connectivity index (χ4n) is 3.81. The van der Waals surface area contributed by atoms with Crippen molar-refractivity contribution in [2.75, 3.05) is 18.4 Å². The minimum absolute atomic E-state index is 0.111. The molecule has 0 amide bonds. The number of halogens is 2. The lowest BCUT2D eigenvalue weighted by atomic mass is 10.0. The number of rotatable bonds is 5. The summed E-state index contributed by atoms with van der Waals surface area (Å²) in [5.74, 6) is 0.769. The Morgan fingerprint density at radius 2 is 1.94 bits per heavy atom. The minimum Gasteiger partial charge on any atom is -0.490 e. The molecular formula is C24H21ClFN5O. The van der Waals surface area contributed by atoms with E-state index in [1.54, 1.807) is 30.7 Å². The van der Waals surface area contributed by atoms with Crippen LogP contribution in [0.3, 0.4) is 0 Å². The van der Waals surface area contributed by atoms with Gasteiger partial charge in [-0.2, -0.15) is 0 Å². The van der Waals surface area contributed by atoms with Gasteiger partial charge in [0.25, 0.3) is 0 Å². The van der Waals surface area contributed by atoms with Gasteiger partial charge < -0.3 is 15.4 Å². The fraction of sp³-hybridized carbons (Fsp3) is 0.208. The summed E-state index contributed by atoms with van der Waals surface area (Å²) in [7, 11) is 0. The average molecular weight is 450 g/mol. The van der Waals surface area contributed by atoms with Crippen LogP contribution in [-0.4, -0.2) is 34.1 Å². The lowest BCUT2D eigenvalue weighted by molar-refractivity contribution is 0.163.